The second-order valence-corrected chi connectivity index (χ2v) is 8.34. The summed E-state index contributed by atoms with van der Waals surface area (Å²) < 4.78 is 11.1. The average Bonchev–Trinajstić information content (AvgIpc) is 2.99. The van der Waals surface area contributed by atoms with Gasteiger partial charge in [-0.3, -0.25) is 0 Å². The predicted octanol–water partition coefficient (Wildman–Crippen LogP) is 3.34. The Bertz CT molecular complexity index is 626. The predicted molar refractivity (Wildman–Crippen MR) is 101 cm³/mol. The van der Waals surface area contributed by atoms with Gasteiger partial charge in [-0.15, -0.1) is 0 Å². The first-order chi connectivity index (χ1) is 12.1. The van der Waals surface area contributed by atoms with Gasteiger partial charge in [0.2, 0.25) is 0 Å². The molecule has 1 N–H and O–H groups in total. The highest BCUT2D eigenvalue weighted by atomic mass is 16.5. The lowest BCUT2D eigenvalue weighted by Crippen LogP contribution is -2.59. The van der Waals surface area contributed by atoms with Gasteiger partial charge in [0, 0.05) is 17.0 Å². The van der Waals surface area contributed by atoms with Gasteiger partial charge in [-0.25, -0.2) is 0 Å². The van der Waals surface area contributed by atoms with Gasteiger partial charge in [-0.05, 0) is 76.4 Å². The Morgan fingerprint density at radius 2 is 1.88 bits per heavy atom. The first-order valence-electron chi connectivity index (χ1n) is 9.80. The largest absolute Gasteiger partial charge is 0.493 e. The van der Waals surface area contributed by atoms with Crippen LogP contribution < -0.4 is 14.8 Å². The molecule has 1 aliphatic carbocycles. The van der Waals surface area contributed by atoms with Crippen LogP contribution in [0, 0.1) is 0 Å². The summed E-state index contributed by atoms with van der Waals surface area (Å²) in [6.07, 6.45) is 9.16. The Hall–Kier alpha value is -1.26. The Labute approximate surface area is 151 Å². The minimum Gasteiger partial charge on any atom is -0.493 e. The van der Waals surface area contributed by atoms with E-state index in [0.29, 0.717) is 11.6 Å². The van der Waals surface area contributed by atoms with E-state index in [2.05, 4.69) is 35.5 Å². The number of ether oxygens (including phenoxy) is 2. The molecule has 2 saturated heterocycles. The zero-order valence-electron chi connectivity index (χ0n) is 15.9. The maximum Gasteiger partial charge on any atom is 0.161 e. The quantitative estimate of drug-likeness (QED) is 0.912. The van der Waals surface area contributed by atoms with Crippen LogP contribution in [0.3, 0.4) is 0 Å². The summed E-state index contributed by atoms with van der Waals surface area (Å²) in [6.45, 7) is 2.38. The van der Waals surface area contributed by atoms with Crippen molar-refractivity contribution in [3.05, 3.63) is 23.8 Å². The van der Waals surface area contributed by atoms with Crippen LogP contribution >= 0.6 is 0 Å². The SMILES string of the molecule is COc1ccc(C23CCN(C)C2CC2(CCCCN2)CC3)cc1OC. The molecule has 3 unspecified atom stereocenters. The van der Waals surface area contributed by atoms with E-state index in [4.69, 9.17) is 9.47 Å². The van der Waals surface area contributed by atoms with Crippen molar-refractivity contribution >= 4 is 0 Å². The van der Waals surface area contributed by atoms with Gasteiger partial charge in [0.1, 0.15) is 0 Å². The number of methoxy groups -OCH3 is 2. The van der Waals surface area contributed by atoms with Gasteiger partial charge in [-0.2, -0.15) is 0 Å². The molecule has 4 heteroatoms. The zero-order valence-corrected chi connectivity index (χ0v) is 15.9. The van der Waals surface area contributed by atoms with Crippen molar-refractivity contribution in [2.45, 2.75) is 61.9 Å². The lowest BCUT2D eigenvalue weighted by molar-refractivity contribution is 0.0798. The van der Waals surface area contributed by atoms with E-state index in [0.717, 1.165) is 11.5 Å². The zero-order chi connectivity index (χ0) is 17.5. The first-order valence-corrected chi connectivity index (χ1v) is 9.80. The fourth-order valence-corrected chi connectivity index (χ4v) is 5.74. The Balaban J connectivity index is 1.68. The number of fused-ring (bicyclic) bond motifs is 1. The fraction of sp³-hybridized carbons (Fsp3) is 0.714. The molecule has 1 spiro atoms. The Morgan fingerprint density at radius 1 is 1.04 bits per heavy atom. The minimum absolute atomic E-state index is 0.263. The normalized spacial score (nSPS) is 35.6. The van der Waals surface area contributed by atoms with E-state index in [9.17, 15) is 0 Å². The number of piperidine rings is 1. The minimum atomic E-state index is 0.263. The van der Waals surface area contributed by atoms with Gasteiger partial charge >= 0.3 is 0 Å². The third-order valence-electron chi connectivity index (χ3n) is 7.25. The number of benzene rings is 1. The van der Waals surface area contributed by atoms with Crippen molar-refractivity contribution in [2.75, 3.05) is 34.4 Å². The van der Waals surface area contributed by atoms with E-state index >= 15 is 0 Å². The molecule has 3 atom stereocenters. The summed E-state index contributed by atoms with van der Waals surface area (Å²) in [4.78, 5) is 2.61. The van der Waals surface area contributed by atoms with Crippen molar-refractivity contribution in [1.82, 2.24) is 10.2 Å². The maximum absolute atomic E-state index is 5.60. The van der Waals surface area contributed by atoms with Gasteiger partial charge in [-0.1, -0.05) is 12.5 Å². The molecule has 1 aromatic carbocycles. The van der Waals surface area contributed by atoms with Crippen molar-refractivity contribution in [1.29, 1.82) is 0 Å². The summed E-state index contributed by atoms with van der Waals surface area (Å²) in [7, 11) is 5.76. The monoisotopic (exact) mass is 344 g/mol. The second kappa shape index (κ2) is 6.48. The molecule has 4 rings (SSSR count). The molecule has 1 saturated carbocycles. The third kappa shape index (κ3) is 2.74. The van der Waals surface area contributed by atoms with E-state index in [-0.39, 0.29) is 5.41 Å². The van der Waals surface area contributed by atoms with Gasteiger partial charge in [0.15, 0.2) is 11.5 Å². The molecule has 3 aliphatic rings. The molecule has 0 amide bonds. The first kappa shape index (κ1) is 17.2. The van der Waals surface area contributed by atoms with Crippen LogP contribution in [0.25, 0.3) is 0 Å². The molecule has 25 heavy (non-hydrogen) atoms. The van der Waals surface area contributed by atoms with Crippen LogP contribution in [0.15, 0.2) is 18.2 Å². The lowest BCUT2D eigenvalue weighted by atomic mass is 9.60. The number of nitrogens with zero attached hydrogens (tertiary/aromatic N) is 1. The maximum atomic E-state index is 5.60. The van der Waals surface area contributed by atoms with Crippen LogP contribution in [-0.2, 0) is 5.41 Å². The van der Waals surface area contributed by atoms with Gasteiger partial charge in [0.25, 0.3) is 0 Å². The van der Waals surface area contributed by atoms with Crippen LogP contribution in [-0.4, -0.2) is 50.8 Å². The highest BCUT2D eigenvalue weighted by Gasteiger charge is 2.54. The molecule has 1 aromatic rings. The lowest BCUT2D eigenvalue weighted by Gasteiger charge is -2.52. The molecule has 0 bridgehead atoms. The van der Waals surface area contributed by atoms with Crippen LogP contribution in [0.5, 0.6) is 11.5 Å². The molecule has 138 valence electrons. The number of hydrogen-bond acceptors (Lipinski definition) is 4. The van der Waals surface area contributed by atoms with Crippen molar-refractivity contribution in [3.63, 3.8) is 0 Å². The number of nitrogens with one attached hydrogen (secondary N) is 1. The van der Waals surface area contributed by atoms with E-state index in [1.165, 1.54) is 63.6 Å². The number of hydrogen-bond donors (Lipinski definition) is 1. The molecule has 3 fully saturated rings. The molecule has 0 radical (unpaired) electrons. The van der Waals surface area contributed by atoms with Crippen LogP contribution in [0.1, 0.15) is 50.5 Å². The molecule has 4 nitrogen and oxygen atoms in total. The van der Waals surface area contributed by atoms with Gasteiger partial charge < -0.3 is 19.7 Å². The number of likely N-dealkylation sites (N-methyl/N-ethyl adjacent to an activating group) is 1. The third-order valence-corrected chi connectivity index (χ3v) is 7.25. The Morgan fingerprint density at radius 3 is 2.60 bits per heavy atom. The summed E-state index contributed by atoms with van der Waals surface area (Å²) in [6, 6.07) is 7.21. The highest BCUT2D eigenvalue weighted by Crippen LogP contribution is 2.53. The number of likely N-dealkylation sites (tertiary alicyclic amines) is 1. The van der Waals surface area contributed by atoms with Crippen molar-refractivity contribution < 1.29 is 9.47 Å². The standard InChI is InChI=1S/C21H32N2O2/c1-23-13-11-21(16-6-7-17(24-2)18(14-16)25-3)10-9-20(15-19(21)23)8-4-5-12-22-20/h6-7,14,19,22H,4-5,8-13,15H2,1-3H3. The molecule has 2 aliphatic heterocycles. The molecular weight excluding hydrogens is 312 g/mol. The van der Waals surface area contributed by atoms with Crippen molar-refractivity contribution in [2.24, 2.45) is 0 Å². The summed E-state index contributed by atoms with van der Waals surface area (Å²) in [5.41, 5.74) is 2.07. The summed E-state index contributed by atoms with van der Waals surface area (Å²) >= 11 is 0. The summed E-state index contributed by atoms with van der Waals surface area (Å²) in [5.74, 6) is 1.69. The fourth-order valence-electron chi connectivity index (χ4n) is 5.74. The average molecular weight is 344 g/mol. The highest BCUT2D eigenvalue weighted by molar-refractivity contribution is 5.46. The van der Waals surface area contributed by atoms with Crippen molar-refractivity contribution in [3.8, 4) is 11.5 Å². The van der Waals surface area contributed by atoms with Crippen LogP contribution in [0.4, 0.5) is 0 Å². The second-order valence-electron chi connectivity index (χ2n) is 8.34. The smallest absolute Gasteiger partial charge is 0.161 e. The molecular formula is C21H32N2O2. The summed E-state index contributed by atoms with van der Waals surface area (Å²) in [5, 5.41) is 3.91. The van der Waals surface area contributed by atoms with E-state index in [1.807, 2.05) is 0 Å². The van der Waals surface area contributed by atoms with Gasteiger partial charge in [0.05, 0.1) is 14.2 Å². The Kier molecular flexibility index (Phi) is 4.45. The van der Waals surface area contributed by atoms with E-state index < -0.39 is 0 Å². The topological polar surface area (TPSA) is 33.7 Å². The molecule has 2 heterocycles. The van der Waals surface area contributed by atoms with E-state index in [1.54, 1.807) is 14.2 Å². The molecule has 0 aromatic heterocycles. The van der Waals surface area contributed by atoms with Crippen LogP contribution in [0.2, 0.25) is 0 Å². The number of rotatable bonds is 3.